The molecule has 0 aromatic heterocycles. The quantitative estimate of drug-likeness (QED) is 0.740. The van der Waals surface area contributed by atoms with Gasteiger partial charge in [0.15, 0.2) is 0 Å². The molecule has 5 nitrogen and oxygen atoms in total. The molecule has 3 atom stereocenters. The summed E-state index contributed by atoms with van der Waals surface area (Å²) in [5, 5.41) is 11.8. The topological polar surface area (TPSA) is 75.6 Å². The second-order valence-electron chi connectivity index (χ2n) is 6.33. The van der Waals surface area contributed by atoms with E-state index in [0.717, 1.165) is 6.42 Å². The van der Waals surface area contributed by atoms with Gasteiger partial charge in [-0.25, -0.2) is 4.79 Å². The maximum atomic E-state index is 11.9. The van der Waals surface area contributed by atoms with Gasteiger partial charge in [0.05, 0.1) is 12.0 Å². The maximum absolute atomic E-state index is 11.9. The fraction of sp³-hybridized carbons (Fsp3) is 0.857. The molecule has 0 radical (unpaired) electrons. The van der Waals surface area contributed by atoms with Crippen molar-refractivity contribution in [2.45, 2.75) is 59.1 Å². The number of carboxylic acids is 1. The van der Waals surface area contributed by atoms with Crippen LogP contribution in [0.25, 0.3) is 0 Å². The lowest BCUT2D eigenvalue weighted by Gasteiger charge is -2.21. The Kier molecular flexibility index (Phi) is 5.35. The predicted molar refractivity (Wildman–Crippen MR) is 71.8 cm³/mol. The highest BCUT2D eigenvalue weighted by atomic mass is 16.5. The van der Waals surface area contributed by atoms with Crippen LogP contribution in [0.3, 0.4) is 0 Å². The molecule has 1 amide bonds. The summed E-state index contributed by atoms with van der Waals surface area (Å²) in [6, 6.07) is -0.797. The van der Waals surface area contributed by atoms with Gasteiger partial charge in [-0.3, -0.25) is 4.79 Å². The molecule has 1 fully saturated rings. The summed E-state index contributed by atoms with van der Waals surface area (Å²) < 4.78 is 5.33. The fourth-order valence-corrected chi connectivity index (χ4v) is 1.96. The minimum atomic E-state index is -0.966. The number of ether oxygens (including phenoxy) is 1. The number of aliphatic carboxylic acids is 1. The molecule has 5 heteroatoms. The second kappa shape index (κ2) is 6.37. The molecular weight excluding hydrogens is 246 g/mol. The lowest BCUT2D eigenvalue weighted by Crippen LogP contribution is -2.42. The Bertz CT molecular complexity index is 335. The third-order valence-corrected chi connectivity index (χ3v) is 3.25. The predicted octanol–water partition coefficient (Wildman–Crippen LogP) is 1.81. The minimum absolute atomic E-state index is 0.0259. The zero-order chi connectivity index (χ0) is 14.6. The van der Waals surface area contributed by atoms with E-state index in [-0.39, 0.29) is 23.3 Å². The molecule has 0 bridgehead atoms. The largest absolute Gasteiger partial charge is 0.480 e. The first-order valence-corrected chi connectivity index (χ1v) is 6.89. The summed E-state index contributed by atoms with van der Waals surface area (Å²) in [5.41, 5.74) is 0.0614. The van der Waals surface area contributed by atoms with Gasteiger partial charge in [0.2, 0.25) is 5.91 Å². The Balaban J connectivity index is 2.42. The third-order valence-electron chi connectivity index (χ3n) is 3.25. The molecule has 1 rings (SSSR count). The fourth-order valence-electron chi connectivity index (χ4n) is 1.96. The molecule has 1 aliphatic carbocycles. The first-order valence-electron chi connectivity index (χ1n) is 6.89. The average Bonchev–Trinajstić information content (AvgIpc) is 3.02. The van der Waals surface area contributed by atoms with Gasteiger partial charge in [0.1, 0.15) is 6.04 Å². The molecule has 110 valence electrons. The van der Waals surface area contributed by atoms with Crippen LogP contribution in [0.4, 0.5) is 0 Å². The Morgan fingerprint density at radius 1 is 1.42 bits per heavy atom. The summed E-state index contributed by atoms with van der Waals surface area (Å²) in [4.78, 5) is 23.0. The van der Waals surface area contributed by atoms with Gasteiger partial charge < -0.3 is 15.2 Å². The molecule has 19 heavy (non-hydrogen) atoms. The Morgan fingerprint density at radius 2 is 2.05 bits per heavy atom. The van der Waals surface area contributed by atoms with E-state index in [2.05, 4.69) is 26.1 Å². The third kappa shape index (κ3) is 5.59. The number of carbonyl (C=O) groups is 2. The zero-order valence-electron chi connectivity index (χ0n) is 12.2. The van der Waals surface area contributed by atoms with Crippen molar-refractivity contribution in [1.82, 2.24) is 5.32 Å². The maximum Gasteiger partial charge on any atom is 0.326 e. The van der Waals surface area contributed by atoms with Gasteiger partial charge in [0, 0.05) is 6.61 Å². The number of hydrogen-bond donors (Lipinski definition) is 2. The van der Waals surface area contributed by atoms with Crippen LogP contribution in [-0.4, -0.2) is 35.7 Å². The van der Waals surface area contributed by atoms with E-state index in [9.17, 15) is 9.59 Å². The number of amides is 1. The molecule has 1 aliphatic rings. The van der Waals surface area contributed by atoms with Crippen molar-refractivity contribution < 1.29 is 19.4 Å². The van der Waals surface area contributed by atoms with Crippen LogP contribution >= 0.6 is 0 Å². The van der Waals surface area contributed by atoms with Crippen LogP contribution in [0.1, 0.15) is 47.0 Å². The Morgan fingerprint density at radius 3 is 2.53 bits per heavy atom. The normalized spacial score (nSPS) is 23.8. The van der Waals surface area contributed by atoms with Crippen LogP contribution in [0.15, 0.2) is 0 Å². The molecule has 0 aromatic rings. The summed E-state index contributed by atoms with van der Waals surface area (Å²) in [5.74, 6) is -1.33. The standard InChI is InChI=1S/C14H25NO4/c1-5-19-11-8-9(11)12(16)15-10(13(17)18)6-7-14(2,3)4/h9-11H,5-8H2,1-4H3,(H,15,16)(H,17,18). The highest BCUT2D eigenvalue weighted by Gasteiger charge is 2.44. The Labute approximate surface area is 114 Å². The van der Waals surface area contributed by atoms with E-state index in [0.29, 0.717) is 19.4 Å². The van der Waals surface area contributed by atoms with E-state index in [1.807, 2.05) is 6.92 Å². The van der Waals surface area contributed by atoms with E-state index in [1.165, 1.54) is 0 Å². The van der Waals surface area contributed by atoms with Crippen molar-refractivity contribution >= 4 is 11.9 Å². The molecule has 0 saturated heterocycles. The van der Waals surface area contributed by atoms with Crippen LogP contribution in [0.2, 0.25) is 0 Å². The second-order valence-corrected chi connectivity index (χ2v) is 6.33. The van der Waals surface area contributed by atoms with Crippen LogP contribution in [-0.2, 0) is 14.3 Å². The van der Waals surface area contributed by atoms with Crippen molar-refractivity contribution in [1.29, 1.82) is 0 Å². The van der Waals surface area contributed by atoms with Crippen LogP contribution in [0, 0.1) is 11.3 Å². The van der Waals surface area contributed by atoms with Crippen molar-refractivity contribution in [3.05, 3.63) is 0 Å². The monoisotopic (exact) mass is 271 g/mol. The number of rotatable bonds is 7. The number of carbonyl (C=O) groups excluding carboxylic acids is 1. The van der Waals surface area contributed by atoms with E-state index >= 15 is 0 Å². The number of carboxylic acid groups (broad SMARTS) is 1. The first kappa shape index (κ1) is 16.0. The number of nitrogens with one attached hydrogen (secondary N) is 1. The van der Waals surface area contributed by atoms with Crippen molar-refractivity contribution in [2.24, 2.45) is 11.3 Å². The van der Waals surface area contributed by atoms with Gasteiger partial charge in [-0.2, -0.15) is 0 Å². The summed E-state index contributed by atoms with van der Waals surface area (Å²) in [7, 11) is 0. The molecule has 0 aromatic carbocycles. The zero-order valence-corrected chi connectivity index (χ0v) is 12.2. The van der Waals surface area contributed by atoms with E-state index in [4.69, 9.17) is 9.84 Å². The van der Waals surface area contributed by atoms with Crippen molar-refractivity contribution in [2.75, 3.05) is 6.61 Å². The van der Waals surface area contributed by atoms with Crippen LogP contribution < -0.4 is 5.32 Å². The SMILES string of the molecule is CCOC1CC1C(=O)NC(CCC(C)(C)C)C(=O)O. The van der Waals surface area contributed by atoms with E-state index in [1.54, 1.807) is 0 Å². The van der Waals surface area contributed by atoms with Gasteiger partial charge in [-0.05, 0) is 31.6 Å². The van der Waals surface area contributed by atoms with Gasteiger partial charge in [-0.15, -0.1) is 0 Å². The van der Waals surface area contributed by atoms with Crippen molar-refractivity contribution in [3.8, 4) is 0 Å². The number of hydrogen-bond acceptors (Lipinski definition) is 3. The Hall–Kier alpha value is -1.10. The van der Waals surface area contributed by atoms with Gasteiger partial charge in [-0.1, -0.05) is 20.8 Å². The van der Waals surface area contributed by atoms with Crippen LogP contribution in [0.5, 0.6) is 0 Å². The molecule has 0 heterocycles. The molecule has 1 saturated carbocycles. The van der Waals surface area contributed by atoms with E-state index < -0.39 is 12.0 Å². The summed E-state index contributed by atoms with van der Waals surface area (Å²) in [6.07, 6.45) is 1.88. The highest BCUT2D eigenvalue weighted by molar-refractivity contribution is 5.87. The summed E-state index contributed by atoms with van der Waals surface area (Å²) in [6.45, 7) is 8.64. The lowest BCUT2D eigenvalue weighted by atomic mass is 9.88. The molecule has 0 spiro atoms. The molecule has 2 N–H and O–H groups in total. The lowest BCUT2D eigenvalue weighted by molar-refractivity contribution is -0.142. The smallest absolute Gasteiger partial charge is 0.326 e. The minimum Gasteiger partial charge on any atom is -0.480 e. The van der Waals surface area contributed by atoms with Gasteiger partial charge in [0.25, 0.3) is 0 Å². The highest BCUT2D eigenvalue weighted by Crippen LogP contribution is 2.34. The first-order chi connectivity index (χ1) is 8.74. The molecular formula is C14H25NO4. The van der Waals surface area contributed by atoms with Gasteiger partial charge >= 0.3 is 5.97 Å². The molecule has 3 unspecified atom stereocenters. The van der Waals surface area contributed by atoms with Crippen molar-refractivity contribution in [3.63, 3.8) is 0 Å². The molecule has 0 aliphatic heterocycles. The average molecular weight is 271 g/mol. The summed E-state index contributed by atoms with van der Waals surface area (Å²) >= 11 is 0.